The molecule has 1 heterocycles. The summed E-state index contributed by atoms with van der Waals surface area (Å²) in [5.41, 5.74) is 2.88. The molecule has 0 atom stereocenters. The van der Waals surface area contributed by atoms with Crippen LogP contribution in [0.25, 0.3) is 22.0 Å². The quantitative estimate of drug-likeness (QED) is 0.750. The van der Waals surface area contributed by atoms with E-state index in [0.29, 0.717) is 11.1 Å². The highest BCUT2D eigenvalue weighted by Gasteiger charge is 2.10. The number of hydrogen-bond acceptors (Lipinski definition) is 1. The van der Waals surface area contributed by atoms with Gasteiger partial charge < -0.3 is 4.98 Å². The van der Waals surface area contributed by atoms with E-state index in [0.717, 1.165) is 22.9 Å². The molecule has 0 radical (unpaired) electrons. The second kappa shape index (κ2) is 4.93. The van der Waals surface area contributed by atoms with Gasteiger partial charge in [-0.3, -0.25) is 4.79 Å². The van der Waals surface area contributed by atoms with Gasteiger partial charge in [-0.2, -0.15) is 0 Å². The molecule has 0 aliphatic carbocycles. The molecule has 1 aromatic heterocycles. The Kier molecular flexibility index (Phi) is 3.11. The van der Waals surface area contributed by atoms with Crippen LogP contribution in [0.15, 0.2) is 53.3 Å². The SMILES string of the molecule is CCc1ccccc1-c1cc2ccc(=O)[nH]c2cc1F. The molecular weight excluding hydrogens is 253 g/mol. The summed E-state index contributed by atoms with van der Waals surface area (Å²) in [5, 5.41) is 0.826. The third-order valence-electron chi connectivity index (χ3n) is 3.50. The van der Waals surface area contributed by atoms with Gasteiger partial charge in [0.15, 0.2) is 0 Å². The van der Waals surface area contributed by atoms with Crippen LogP contribution in [0.1, 0.15) is 12.5 Å². The van der Waals surface area contributed by atoms with E-state index < -0.39 is 0 Å². The summed E-state index contributed by atoms with van der Waals surface area (Å²) in [6, 6.07) is 14.1. The Morgan fingerprint density at radius 3 is 2.65 bits per heavy atom. The number of rotatable bonds is 2. The van der Waals surface area contributed by atoms with Crippen molar-refractivity contribution >= 4 is 10.9 Å². The number of hydrogen-bond donors (Lipinski definition) is 1. The van der Waals surface area contributed by atoms with Crippen molar-refractivity contribution in [1.29, 1.82) is 0 Å². The molecular formula is C17H14FNO. The molecule has 3 aromatic rings. The first-order chi connectivity index (χ1) is 9.69. The molecule has 0 spiro atoms. The number of benzene rings is 2. The van der Waals surface area contributed by atoms with Crippen LogP contribution in [0, 0.1) is 5.82 Å². The van der Waals surface area contributed by atoms with E-state index in [-0.39, 0.29) is 11.4 Å². The summed E-state index contributed by atoms with van der Waals surface area (Å²) >= 11 is 0. The Morgan fingerprint density at radius 2 is 1.85 bits per heavy atom. The lowest BCUT2D eigenvalue weighted by Crippen LogP contribution is -2.03. The van der Waals surface area contributed by atoms with Crippen LogP contribution in [0.4, 0.5) is 4.39 Å². The highest BCUT2D eigenvalue weighted by atomic mass is 19.1. The maximum Gasteiger partial charge on any atom is 0.248 e. The molecule has 3 heteroatoms. The van der Waals surface area contributed by atoms with Gasteiger partial charge in [0.1, 0.15) is 5.82 Å². The van der Waals surface area contributed by atoms with Crippen molar-refractivity contribution in [3.05, 3.63) is 70.3 Å². The third-order valence-corrected chi connectivity index (χ3v) is 3.50. The zero-order valence-corrected chi connectivity index (χ0v) is 11.1. The van der Waals surface area contributed by atoms with Crippen LogP contribution < -0.4 is 5.56 Å². The fraction of sp³-hybridized carbons (Fsp3) is 0.118. The highest BCUT2D eigenvalue weighted by molar-refractivity contribution is 5.85. The van der Waals surface area contributed by atoms with E-state index in [2.05, 4.69) is 11.9 Å². The number of fused-ring (bicyclic) bond motifs is 1. The van der Waals surface area contributed by atoms with Crippen molar-refractivity contribution in [3.8, 4) is 11.1 Å². The number of aromatic amines is 1. The largest absolute Gasteiger partial charge is 0.322 e. The number of halogens is 1. The first-order valence-corrected chi connectivity index (χ1v) is 6.60. The van der Waals surface area contributed by atoms with E-state index in [1.807, 2.05) is 24.3 Å². The van der Waals surface area contributed by atoms with E-state index in [1.54, 1.807) is 12.1 Å². The van der Waals surface area contributed by atoms with Crippen molar-refractivity contribution in [2.45, 2.75) is 13.3 Å². The topological polar surface area (TPSA) is 32.9 Å². The molecule has 3 rings (SSSR count). The van der Waals surface area contributed by atoms with Crippen molar-refractivity contribution in [3.63, 3.8) is 0 Å². The standard InChI is InChI=1S/C17H14FNO/c1-2-11-5-3-4-6-13(11)14-9-12-7-8-17(20)19-16(12)10-15(14)18/h3-10H,2H2,1H3,(H,19,20). The molecule has 0 saturated carbocycles. The zero-order chi connectivity index (χ0) is 14.1. The van der Waals surface area contributed by atoms with Crippen LogP contribution in [0.3, 0.4) is 0 Å². The molecule has 0 amide bonds. The molecule has 0 saturated heterocycles. The second-order valence-corrected chi connectivity index (χ2v) is 4.75. The Bertz CT molecular complexity index is 836. The molecule has 20 heavy (non-hydrogen) atoms. The first kappa shape index (κ1) is 12.6. The van der Waals surface area contributed by atoms with E-state index in [9.17, 15) is 9.18 Å². The lowest BCUT2D eigenvalue weighted by molar-refractivity contribution is 0.632. The monoisotopic (exact) mass is 267 g/mol. The molecule has 0 aliphatic rings. The van der Waals surface area contributed by atoms with Crippen LogP contribution in [0.5, 0.6) is 0 Å². The summed E-state index contributed by atoms with van der Waals surface area (Å²) < 4.78 is 14.3. The fourth-order valence-electron chi connectivity index (χ4n) is 2.47. The summed E-state index contributed by atoms with van der Waals surface area (Å²) in [6.07, 6.45) is 0.847. The summed E-state index contributed by atoms with van der Waals surface area (Å²) in [7, 11) is 0. The minimum absolute atomic E-state index is 0.224. The molecule has 0 unspecified atom stereocenters. The van der Waals surface area contributed by atoms with Gasteiger partial charge in [-0.05, 0) is 41.1 Å². The van der Waals surface area contributed by atoms with Gasteiger partial charge in [0.05, 0.1) is 5.52 Å². The Morgan fingerprint density at radius 1 is 1.05 bits per heavy atom. The molecule has 0 fully saturated rings. The highest BCUT2D eigenvalue weighted by Crippen LogP contribution is 2.29. The van der Waals surface area contributed by atoms with Crippen LogP contribution >= 0.6 is 0 Å². The van der Waals surface area contributed by atoms with Crippen molar-refractivity contribution in [2.24, 2.45) is 0 Å². The number of H-pyrrole nitrogens is 1. The maximum absolute atomic E-state index is 14.3. The summed E-state index contributed by atoms with van der Waals surface area (Å²) in [4.78, 5) is 13.9. The molecule has 1 N–H and O–H groups in total. The third kappa shape index (κ3) is 2.11. The number of aromatic nitrogens is 1. The van der Waals surface area contributed by atoms with Crippen LogP contribution in [-0.4, -0.2) is 4.98 Å². The Hall–Kier alpha value is -2.42. The predicted octanol–water partition coefficient (Wildman–Crippen LogP) is 3.90. The Labute approximate surface area is 115 Å². The lowest BCUT2D eigenvalue weighted by atomic mass is 9.96. The Balaban J connectivity index is 2.28. The first-order valence-electron chi connectivity index (χ1n) is 6.60. The molecule has 2 aromatic carbocycles. The van der Waals surface area contributed by atoms with Gasteiger partial charge in [0.25, 0.3) is 0 Å². The average molecular weight is 267 g/mol. The van der Waals surface area contributed by atoms with Crippen molar-refractivity contribution in [2.75, 3.05) is 0 Å². The molecule has 0 bridgehead atoms. The molecule has 100 valence electrons. The summed E-state index contributed by atoms with van der Waals surface area (Å²) in [6.45, 7) is 2.05. The normalized spacial score (nSPS) is 10.9. The number of nitrogens with one attached hydrogen (secondary N) is 1. The maximum atomic E-state index is 14.3. The second-order valence-electron chi connectivity index (χ2n) is 4.75. The van der Waals surface area contributed by atoms with E-state index in [4.69, 9.17) is 0 Å². The summed E-state index contributed by atoms with van der Waals surface area (Å²) in [5.74, 6) is -0.319. The number of aryl methyl sites for hydroxylation is 1. The lowest BCUT2D eigenvalue weighted by Gasteiger charge is -2.10. The fourth-order valence-corrected chi connectivity index (χ4v) is 2.47. The smallest absolute Gasteiger partial charge is 0.248 e. The molecule has 0 aliphatic heterocycles. The number of pyridine rings is 1. The van der Waals surface area contributed by atoms with E-state index >= 15 is 0 Å². The van der Waals surface area contributed by atoms with Gasteiger partial charge in [-0.25, -0.2) is 4.39 Å². The predicted molar refractivity (Wildman–Crippen MR) is 79.3 cm³/mol. The van der Waals surface area contributed by atoms with E-state index in [1.165, 1.54) is 12.1 Å². The van der Waals surface area contributed by atoms with Gasteiger partial charge in [0.2, 0.25) is 5.56 Å². The van der Waals surface area contributed by atoms with Gasteiger partial charge in [-0.15, -0.1) is 0 Å². The van der Waals surface area contributed by atoms with Gasteiger partial charge >= 0.3 is 0 Å². The minimum atomic E-state index is -0.319. The molecule has 2 nitrogen and oxygen atoms in total. The average Bonchev–Trinajstić information content (AvgIpc) is 2.46. The zero-order valence-electron chi connectivity index (χ0n) is 11.1. The van der Waals surface area contributed by atoms with Crippen LogP contribution in [-0.2, 0) is 6.42 Å². The van der Waals surface area contributed by atoms with Gasteiger partial charge in [0, 0.05) is 11.6 Å². The van der Waals surface area contributed by atoms with Crippen LogP contribution in [0.2, 0.25) is 0 Å². The van der Waals surface area contributed by atoms with Crippen molar-refractivity contribution in [1.82, 2.24) is 4.98 Å². The minimum Gasteiger partial charge on any atom is -0.322 e. The van der Waals surface area contributed by atoms with Crippen molar-refractivity contribution < 1.29 is 4.39 Å². The van der Waals surface area contributed by atoms with Gasteiger partial charge in [-0.1, -0.05) is 31.2 Å².